The fourth-order valence-electron chi connectivity index (χ4n) is 2.64. The highest BCUT2D eigenvalue weighted by Crippen LogP contribution is 2.17. The number of H-pyrrole nitrogens is 1. The molecule has 1 aliphatic heterocycles. The largest absolute Gasteiger partial charge is 0.369 e. The molecule has 6 heteroatoms. The van der Waals surface area contributed by atoms with Crippen LogP contribution in [-0.2, 0) is 11.2 Å². The van der Waals surface area contributed by atoms with Crippen LogP contribution >= 0.6 is 0 Å². The molecule has 0 saturated carbocycles. The Morgan fingerprint density at radius 3 is 2.86 bits per heavy atom. The molecule has 1 aromatic heterocycles. The van der Waals surface area contributed by atoms with Crippen molar-refractivity contribution < 1.29 is 4.79 Å². The summed E-state index contributed by atoms with van der Waals surface area (Å²) in [6, 6.07) is 10.0. The number of aryl methyl sites for hydroxylation is 1. The standard InChI is InChI=1S/C16H21N5O/c1-12-9-15(20-19-12)18-16(22)11-13-3-2-4-14(10-13)21-7-5-17-6-8-21/h2-4,9-10,17H,5-8,11H2,1H3,(H2,18,19,20,22). The Labute approximate surface area is 129 Å². The van der Waals surface area contributed by atoms with Crippen LogP contribution in [0, 0.1) is 6.92 Å². The Balaban J connectivity index is 1.63. The van der Waals surface area contributed by atoms with E-state index < -0.39 is 0 Å². The number of aromatic nitrogens is 2. The second kappa shape index (κ2) is 6.62. The third-order valence-corrected chi connectivity index (χ3v) is 3.73. The maximum Gasteiger partial charge on any atom is 0.229 e. The molecule has 1 fully saturated rings. The lowest BCUT2D eigenvalue weighted by molar-refractivity contribution is -0.115. The zero-order chi connectivity index (χ0) is 15.4. The Bertz CT molecular complexity index is 645. The van der Waals surface area contributed by atoms with Crippen molar-refractivity contribution in [2.45, 2.75) is 13.3 Å². The van der Waals surface area contributed by atoms with Crippen molar-refractivity contribution in [2.75, 3.05) is 36.4 Å². The molecule has 22 heavy (non-hydrogen) atoms. The second-order valence-corrected chi connectivity index (χ2v) is 5.57. The van der Waals surface area contributed by atoms with Crippen molar-refractivity contribution >= 4 is 17.4 Å². The highest BCUT2D eigenvalue weighted by molar-refractivity contribution is 5.91. The minimum absolute atomic E-state index is 0.0519. The Morgan fingerprint density at radius 1 is 1.32 bits per heavy atom. The molecule has 0 atom stereocenters. The number of carbonyl (C=O) groups is 1. The number of amides is 1. The van der Waals surface area contributed by atoms with Crippen LogP contribution in [0.15, 0.2) is 30.3 Å². The zero-order valence-corrected chi connectivity index (χ0v) is 12.7. The molecule has 3 rings (SSSR count). The predicted octanol–water partition coefficient (Wildman–Crippen LogP) is 1.31. The van der Waals surface area contributed by atoms with Gasteiger partial charge in [-0.05, 0) is 24.6 Å². The number of nitrogens with zero attached hydrogens (tertiary/aromatic N) is 2. The molecule has 2 aromatic rings. The number of nitrogens with one attached hydrogen (secondary N) is 3. The lowest BCUT2D eigenvalue weighted by Gasteiger charge is -2.29. The fourth-order valence-corrected chi connectivity index (χ4v) is 2.64. The Hall–Kier alpha value is -2.34. The van der Waals surface area contributed by atoms with Gasteiger partial charge >= 0.3 is 0 Å². The van der Waals surface area contributed by atoms with Gasteiger partial charge in [-0.25, -0.2) is 0 Å². The summed E-state index contributed by atoms with van der Waals surface area (Å²) < 4.78 is 0. The first-order valence-corrected chi connectivity index (χ1v) is 7.57. The number of benzene rings is 1. The lowest BCUT2D eigenvalue weighted by Crippen LogP contribution is -2.43. The van der Waals surface area contributed by atoms with E-state index >= 15 is 0 Å². The molecule has 1 aliphatic rings. The maximum absolute atomic E-state index is 12.1. The smallest absolute Gasteiger partial charge is 0.229 e. The van der Waals surface area contributed by atoms with Crippen LogP contribution in [0.2, 0.25) is 0 Å². The molecule has 2 heterocycles. The van der Waals surface area contributed by atoms with Crippen LogP contribution in [0.3, 0.4) is 0 Å². The summed E-state index contributed by atoms with van der Waals surface area (Å²) in [7, 11) is 0. The van der Waals surface area contributed by atoms with Gasteiger partial charge in [0.05, 0.1) is 6.42 Å². The minimum Gasteiger partial charge on any atom is -0.369 e. The topological polar surface area (TPSA) is 73.1 Å². The van der Waals surface area contributed by atoms with E-state index in [0.717, 1.165) is 37.4 Å². The molecule has 3 N–H and O–H groups in total. The van der Waals surface area contributed by atoms with Gasteiger partial charge < -0.3 is 15.5 Å². The molecular weight excluding hydrogens is 278 g/mol. The van der Waals surface area contributed by atoms with E-state index in [9.17, 15) is 4.79 Å². The monoisotopic (exact) mass is 299 g/mol. The fraction of sp³-hybridized carbons (Fsp3) is 0.375. The summed E-state index contributed by atoms with van der Waals surface area (Å²) in [5, 5.41) is 13.0. The van der Waals surface area contributed by atoms with E-state index in [2.05, 4.69) is 37.9 Å². The van der Waals surface area contributed by atoms with Gasteiger partial charge in [0.1, 0.15) is 0 Å². The first-order valence-electron chi connectivity index (χ1n) is 7.57. The highest BCUT2D eigenvalue weighted by atomic mass is 16.1. The maximum atomic E-state index is 12.1. The van der Waals surface area contributed by atoms with Crippen LogP contribution < -0.4 is 15.5 Å². The van der Waals surface area contributed by atoms with Crippen molar-refractivity contribution in [3.8, 4) is 0 Å². The van der Waals surface area contributed by atoms with Gasteiger partial charge in [0, 0.05) is 43.6 Å². The number of piperazine rings is 1. The van der Waals surface area contributed by atoms with E-state index in [1.807, 2.05) is 25.1 Å². The van der Waals surface area contributed by atoms with Crippen LogP contribution in [-0.4, -0.2) is 42.3 Å². The molecule has 1 aromatic carbocycles. The van der Waals surface area contributed by atoms with Crippen molar-refractivity contribution in [2.24, 2.45) is 0 Å². The van der Waals surface area contributed by atoms with Crippen LogP contribution in [0.1, 0.15) is 11.3 Å². The summed E-state index contributed by atoms with van der Waals surface area (Å²) in [4.78, 5) is 14.4. The zero-order valence-electron chi connectivity index (χ0n) is 12.7. The van der Waals surface area contributed by atoms with E-state index in [0.29, 0.717) is 12.2 Å². The Kier molecular flexibility index (Phi) is 4.39. The summed E-state index contributed by atoms with van der Waals surface area (Å²) in [5.41, 5.74) is 3.12. The van der Waals surface area contributed by atoms with Gasteiger partial charge in [-0.15, -0.1) is 0 Å². The lowest BCUT2D eigenvalue weighted by atomic mass is 10.1. The number of aromatic amines is 1. The Morgan fingerprint density at radius 2 is 2.14 bits per heavy atom. The van der Waals surface area contributed by atoms with Gasteiger partial charge in [0.15, 0.2) is 5.82 Å². The summed E-state index contributed by atoms with van der Waals surface area (Å²) in [6.45, 7) is 5.91. The highest BCUT2D eigenvalue weighted by Gasteiger charge is 2.12. The van der Waals surface area contributed by atoms with Crippen LogP contribution in [0.5, 0.6) is 0 Å². The van der Waals surface area contributed by atoms with Crippen molar-refractivity contribution in [1.82, 2.24) is 15.5 Å². The first-order chi connectivity index (χ1) is 10.7. The molecule has 1 amide bonds. The quantitative estimate of drug-likeness (QED) is 0.796. The van der Waals surface area contributed by atoms with Crippen molar-refractivity contribution in [3.05, 3.63) is 41.6 Å². The third kappa shape index (κ3) is 3.65. The summed E-state index contributed by atoms with van der Waals surface area (Å²) >= 11 is 0. The van der Waals surface area contributed by atoms with E-state index in [1.165, 1.54) is 5.69 Å². The molecule has 0 radical (unpaired) electrons. The number of carbonyl (C=O) groups excluding carboxylic acids is 1. The van der Waals surface area contributed by atoms with E-state index in [1.54, 1.807) is 0 Å². The van der Waals surface area contributed by atoms with Gasteiger partial charge in [-0.3, -0.25) is 9.89 Å². The van der Waals surface area contributed by atoms with E-state index in [4.69, 9.17) is 0 Å². The molecule has 6 nitrogen and oxygen atoms in total. The molecule has 0 aliphatic carbocycles. The normalized spacial score (nSPS) is 14.9. The molecule has 116 valence electrons. The summed E-state index contributed by atoms with van der Waals surface area (Å²) in [5.74, 6) is 0.518. The molecule has 1 saturated heterocycles. The molecule has 0 bridgehead atoms. The molecular formula is C16H21N5O. The van der Waals surface area contributed by atoms with Gasteiger partial charge in [0.25, 0.3) is 0 Å². The van der Waals surface area contributed by atoms with Crippen molar-refractivity contribution in [3.63, 3.8) is 0 Å². The molecule has 0 unspecified atom stereocenters. The second-order valence-electron chi connectivity index (χ2n) is 5.57. The minimum atomic E-state index is -0.0519. The van der Waals surface area contributed by atoms with Crippen molar-refractivity contribution in [1.29, 1.82) is 0 Å². The van der Waals surface area contributed by atoms with Gasteiger partial charge in [-0.2, -0.15) is 5.10 Å². The van der Waals surface area contributed by atoms with Crippen LogP contribution in [0.4, 0.5) is 11.5 Å². The van der Waals surface area contributed by atoms with E-state index in [-0.39, 0.29) is 5.91 Å². The third-order valence-electron chi connectivity index (χ3n) is 3.73. The SMILES string of the molecule is Cc1cc(NC(=O)Cc2cccc(N3CCNCC3)c2)n[nH]1. The molecule has 0 spiro atoms. The van der Waals surface area contributed by atoms with Crippen LogP contribution in [0.25, 0.3) is 0 Å². The number of anilines is 2. The number of hydrogen-bond acceptors (Lipinski definition) is 4. The summed E-state index contributed by atoms with van der Waals surface area (Å²) in [6.07, 6.45) is 0.353. The first kappa shape index (κ1) is 14.6. The average molecular weight is 299 g/mol. The average Bonchev–Trinajstić information content (AvgIpc) is 2.93. The van der Waals surface area contributed by atoms with Gasteiger partial charge in [0.2, 0.25) is 5.91 Å². The predicted molar refractivity (Wildman–Crippen MR) is 87.2 cm³/mol. The number of hydrogen-bond donors (Lipinski definition) is 3. The van der Waals surface area contributed by atoms with Gasteiger partial charge in [-0.1, -0.05) is 12.1 Å². The number of rotatable bonds is 4.